The number of nitrogens with zero attached hydrogens (tertiary/aromatic N) is 4. The van der Waals surface area contributed by atoms with Crippen LogP contribution in [0.2, 0.25) is 0 Å². The molecule has 1 aliphatic carbocycles. The van der Waals surface area contributed by atoms with E-state index in [0.717, 1.165) is 35.8 Å². The van der Waals surface area contributed by atoms with Crippen LogP contribution >= 0.6 is 0 Å². The number of imidazole rings is 1. The van der Waals surface area contributed by atoms with Gasteiger partial charge in [-0.1, -0.05) is 27.7 Å². The maximum absolute atomic E-state index is 12.9. The molecule has 0 unspecified atom stereocenters. The van der Waals surface area contributed by atoms with Gasteiger partial charge in [-0.15, -0.1) is 5.10 Å². The molecule has 0 aliphatic heterocycles. The van der Waals surface area contributed by atoms with Crippen molar-refractivity contribution in [1.29, 1.82) is 5.26 Å². The highest BCUT2D eigenvalue weighted by Crippen LogP contribution is 2.43. The second-order valence-corrected chi connectivity index (χ2v) is 9.44. The van der Waals surface area contributed by atoms with Gasteiger partial charge in [0.15, 0.2) is 11.3 Å². The van der Waals surface area contributed by atoms with Crippen LogP contribution in [-0.4, -0.2) is 19.6 Å². The summed E-state index contributed by atoms with van der Waals surface area (Å²) in [5, 5.41) is 13.8. The number of nitrogens with one attached hydrogen (secondary N) is 1. The molecule has 156 valence electrons. The summed E-state index contributed by atoms with van der Waals surface area (Å²) in [6, 6.07) is 9.22. The fraction of sp³-hybridized carbons (Fsp3) is 0.500. The Morgan fingerprint density at radius 1 is 1.17 bits per heavy atom. The molecule has 1 aliphatic rings. The fourth-order valence-corrected chi connectivity index (χ4v) is 4.66. The topological polar surface area (TPSA) is 86.8 Å². The molecule has 0 saturated heterocycles. The molecule has 1 N–H and O–H groups in total. The number of hydrogen-bond acceptors (Lipinski definition) is 4. The summed E-state index contributed by atoms with van der Waals surface area (Å²) in [6.45, 7) is 8.99. The minimum atomic E-state index is -0.164. The van der Waals surface area contributed by atoms with E-state index < -0.39 is 0 Å². The monoisotopic (exact) mass is 403 g/mol. The lowest BCUT2D eigenvalue weighted by Crippen LogP contribution is -2.26. The Hall–Kier alpha value is -2.94. The van der Waals surface area contributed by atoms with Crippen LogP contribution in [0, 0.1) is 22.7 Å². The Labute approximate surface area is 177 Å². The fourth-order valence-electron chi connectivity index (χ4n) is 4.66. The maximum atomic E-state index is 12.9. The molecule has 2 heterocycles. The smallest absolute Gasteiger partial charge is 0.277 e. The molecule has 6 nitrogen and oxygen atoms in total. The lowest BCUT2D eigenvalue weighted by atomic mass is 9.70. The molecule has 0 spiro atoms. The SMILES string of the molecule is CCc1nc([C@H]2CC[C@@H](C(C)(C)C)CC2)n2nc(-c3ccc(C#N)cc3)[nH]c(=O)c12. The van der Waals surface area contributed by atoms with Gasteiger partial charge in [0.1, 0.15) is 5.82 Å². The Kier molecular flexibility index (Phi) is 5.23. The first-order valence-electron chi connectivity index (χ1n) is 10.8. The number of aromatic nitrogens is 4. The van der Waals surface area contributed by atoms with Gasteiger partial charge in [-0.2, -0.15) is 5.26 Å². The van der Waals surface area contributed by atoms with Crippen LogP contribution < -0.4 is 5.56 Å². The van der Waals surface area contributed by atoms with Gasteiger partial charge in [0.25, 0.3) is 5.56 Å². The number of rotatable bonds is 3. The molecule has 0 bridgehead atoms. The van der Waals surface area contributed by atoms with E-state index in [4.69, 9.17) is 15.3 Å². The minimum absolute atomic E-state index is 0.164. The summed E-state index contributed by atoms with van der Waals surface area (Å²) in [6.07, 6.45) is 5.20. The van der Waals surface area contributed by atoms with Crippen molar-refractivity contribution in [2.75, 3.05) is 0 Å². The van der Waals surface area contributed by atoms with E-state index in [9.17, 15) is 4.79 Å². The van der Waals surface area contributed by atoms with Crippen LogP contribution in [0.3, 0.4) is 0 Å². The number of hydrogen-bond donors (Lipinski definition) is 1. The van der Waals surface area contributed by atoms with Crippen molar-refractivity contribution < 1.29 is 0 Å². The number of aryl methyl sites for hydroxylation is 1. The van der Waals surface area contributed by atoms with Crippen LogP contribution in [0.1, 0.15) is 76.4 Å². The second kappa shape index (κ2) is 7.71. The van der Waals surface area contributed by atoms with Crippen molar-refractivity contribution in [3.63, 3.8) is 0 Å². The molecule has 3 aromatic rings. The third-order valence-corrected chi connectivity index (χ3v) is 6.54. The summed E-state index contributed by atoms with van der Waals surface area (Å²) in [5.41, 5.74) is 2.89. The quantitative estimate of drug-likeness (QED) is 0.678. The Morgan fingerprint density at radius 3 is 2.40 bits per heavy atom. The van der Waals surface area contributed by atoms with E-state index in [0.29, 0.717) is 34.7 Å². The van der Waals surface area contributed by atoms with Crippen molar-refractivity contribution in [2.45, 2.75) is 65.7 Å². The van der Waals surface area contributed by atoms with E-state index in [2.05, 4.69) is 31.8 Å². The van der Waals surface area contributed by atoms with Crippen LogP contribution in [0.5, 0.6) is 0 Å². The van der Waals surface area contributed by atoms with Crippen molar-refractivity contribution >= 4 is 5.52 Å². The summed E-state index contributed by atoms with van der Waals surface area (Å²) in [5.74, 6) is 2.45. The zero-order valence-electron chi connectivity index (χ0n) is 18.2. The van der Waals surface area contributed by atoms with E-state index >= 15 is 0 Å². The first kappa shape index (κ1) is 20.3. The summed E-state index contributed by atoms with van der Waals surface area (Å²) < 4.78 is 1.79. The molecular formula is C24H29N5O. The normalized spacial score (nSPS) is 19.7. The zero-order valence-corrected chi connectivity index (χ0v) is 18.2. The summed E-state index contributed by atoms with van der Waals surface area (Å²) in [7, 11) is 0. The molecular weight excluding hydrogens is 374 g/mol. The number of fused-ring (bicyclic) bond motifs is 1. The molecule has 6 heteroatoms. The van der Waals surface area contributed by atoms with Gasteiger partial charge in [0, 0.05) is 11.5 Å². The van der Waals surface area contributed by atoms with Gasteiger partial charge in [-0.25, -0.2) is 9.50 Å². The molecule has 0 radical (unpaired) electrons. The van der Waals surface area contributed by atoms with Gasteiger partial charge in [-0.05, 0) is 67.7 Å². The molecule has 30 heavy (non-hydrogen) atoms. The number of aromatic amines is 1. The average Bonchev–Trinajstić information content (AvgIpc) is 3.12. The Balaban J connectivity index is 1.76. The van der Waals surface area contributed by atoms with Crippen molar-refractivity contribution in [2.24, 2.45) is 11.3 Å². The third kappa shape index (κ3) is 3.65. The molecule has 1 saturated carbocycles. The molecule has 0 amide bonds. The van der Waals surface area contributed by atoms with Gasteiger partial charge in [0.2, 0.25) is 0 Å². The Bertz CT molecular complexity index is 1150. The van der Waals surface area contributed by atoms with Crippen molar-refractivity contribution in [1.82, 2.24) is 19.6 Å². The van der Waals surface area contributed by atoms with E-state index in [1.807, 2.05) is 19.1 Å². The van der Waals surface area contributed by atoms with Crippen LogP contribution in [0.15, 0.2) is 29.1 Å². The van der Waals surface area contributed by atoms with Gasteiger partial charge in [0.05, 0.1) is 17.3 Å². The standard InChI is InChI=1S/C24H29N5O/c1-5-19-20-23(30)27-21(16-8-6-15(14-25)7-9-16)28-29(20)22(26-19)17-10-12-18(13-11-17)24(2,3)4/h6-9,17-18H,5,10-13H2,1-4H3,(H,27,28,30)/t17-,18+. The predicted octanol–water partition coefficient (Wildman–Crippen LogP) is 4.84. The Morgan fingerprint density at radius 2 is 1.83 bits per heavy atom. The van der Waals surface area contributed by atoms with Gasteiger partial charge >= 0.3 is 0 Å². The number of H-pyrrole nitrogens is 1. The average molecular weight is 404 g/mol. The predicted molar refractivity (Wildman–Crippen MR) is 117 cm³/mol. The zero-order chi connectivity index (χ0) is 21.5. The first-order chi connectivity index (χ1) is 14.3. The highest BCUT2D eigenvalue weighted by atomic mass is 16.1. The minimum Gasteiger partial charge on any atom is -0.303 e. The molecule has 1 fully saturated rings. The highest BCUT2D eigenvalue weighted by molar-refractivity contribution is 5.59. The largest absolute Gasteiger partial charge is 0.303 e. The van der Waals surface area contributed by atoms with E-state index in [1.54, 1.807) is 16.6 Å². The maximum Gasteiger partial charge on any atom is 0.277 e. The highest BCUT2D eigenvalue weighted by Gasteiger charge is 2.32. The number of nitriles is 1. The second-order valence-electron chi connectivity index (χ2n) is 9.44. The lowest BCUT2D eigenvalue weighted by molar-refractivity contribution is 0.167. The van der Waals surface area contributed by atoms with Crippen LogP contribution in [0.25, 0.3) is 16.9 Å². The van der Waals surface area contributed by atoms with Crippen molar-refractivity contribution in [3.8, 4) is 17.5 Å². The first-order valence-corrected chi connectivity index (χ1v) is 10.8. The molecule has 1 aromatic carbocycles. The van der Waals surface area contributed by atoms with Crippen LogP contribution in [0.4, 0.5) is 0 Å². The lowest BCUT2D eigenvalue weighted by Gasteiger charge is -2.36. The molecule has 2 aromatic heterocycles. The number of benzene rings is 1. The van der Waals surface area contributed by atoms with Crippen LogP contribution in [-0.2, 0) is 6.42 Å². The van der Waals surface area contributed by atoms with E-state index in [1.165, 1.54) is 12.8 Å². The van der Waals surface area contributed by atoms with Gasteiger partial charge in [-0.3, -0.25) is 4.79 Å². The molecule has 0 atom stereocenters. The van der Waals surface area contributed by atoms with Gasteiger partial charge < -0.3 is 4.98 Å². The summed E-state index contributed by atoms with van der Waals surface area (Å²) in [4.78, 5) is 20.7. The third-order valence-electron chi connectivity index (χ3n) is 6.54. The summed E-state index contributed by atoms with van der Waals surface area (Å²) >= 11 is 0. The molecule has 4 rings (SSSR count). The van der Waals surface area contributed by atoms with Crippen molar-refractivity contribution in [3.05, 3.63) is 51.7 Å². The van der Waals surface area contributed by atoms with E-state index in [-0.39, 0.29) is 5.56 Å².